The molecule has 1 amide bonds. The highest BCUT2D eigenvalue weighted by Gasteiger charge is 2.34. The van der Waals surface area contributed by atoms with Gasteiger partial charge in [-0.3, -0.25) is 4.90 Å². The molecule has 6 heteroatoms. The predicted octanol–water partition coefficient (Wildman–Crippen LogP) is 2.25. The molecule has 2 unspecified atom stereocenters. The van der Waals surface area contributed by atoms with E-state index in [0.29, 0.717) is 19.8 Å². The highest BCUT2D eigenvalue weighted by Crippen LogP contribution is 2.19. The lowest BCUT2D eigenvalue weighted by atomic mass is 10.0. The van der Waals surface area contributed by atoms with Crippen LogP contribution in [-0.2, 0) is 15.9 Å². The summed E-state index contributed by atoms with van der Waals surface area (Å²) in [6.07, 6.45) is 0.433. The van der Waals surface area contributed by atoms with Crippen molar-refractivity contribution >= 4 is 17.4 Å². The Morgan fingerprint density at radius 2 is 2.38 bits per heavy atom. The van der Waals surface area contributed by atoms with Crippen molar-refractivity contribution in [1.29, 1.82) is 0 Å². The first kappa shape index (κ1) is 16.3. The minimum absolute atomic E-state index is 0.143. The molecule has 2 N–H and O–H groups in total. The molecule has 1 aromatic rings. The Morgan fingerprint density at radius 3 is 3.00 bits per heavy atom. The maximum absolute atomic E-state index is 12.3. The average molecular weight is 312 g/mol. The van der Waals surface area contributed by atoms with E-state index in [9.17, 15) is 4.79 Å². The average Bonchev–Trinajstić information content (AvgIpc) is 2.89. The van der Waals surface area contributed by atoms with Crippen molar-refractivity contribution in [1.82, 2.24) is 4.90 Å². The van der Waals surface area contributed by atoms with Crippen LogP contribution < -0.4 is 5.73 Å². The number of amides is 1. The fourth-order valence-corrected chi connectivity index (χ4v) is 3.10. The first-order chi connectivity index (χ1) is 9.87. The lowest BCUT2D eigenvalue weighted by molar-refractivity contribution is -0.0378. The van der Waals surface area contributed by atoms with E-state index >= 15 is 0 Å². The summed E-state index contributed by atoms with van der Waals surface area (Å²) in [6.45, 7) is 7.12. The van der Waals surface area contributed by atoms with Crippen LogP contribution >= 0.6 is 11.3 Å². The Labute approximate surface area is 130 Å². The Hall–Kier alpha value is -1.11. The van der Waals surface area contributed by atoms with Crippen LogP contribution in [0.4, 0.5) is 4.79 Å². The van der Waals surface area contributed by atoms with Crippen LogP contribution in [-0.4, -0.2) is 48.4 Å². The van der Waals surface area contributed by atoms with E-state index in [1.807, 2.05) is 32.2 Å². The molecule has 1 aliphatic heterocycles. The van der Waals surface area contributed by atoms with E-state index in [-0.39, 0.29) is 18.2 Å². The quantitative estimate of drug-likeness (QED) is 0.930. The molecule has 0 spiro atoms. The van der Waals surface area contributed by atoms with Crippen LogP contribution in [0.2, 0.25) is 0 Å². The highest BCUT2D eigenvalue weighted by atomic mass is 32.1. The van der Waals surface area contributed by atoms with Gasteiger partial charge in [-0.1, -0.05) is 6.07 Å². The zero-order valence-corrected chi connectivity index (χ0v) is 13.7. The van der Waals surface area contributed by atoms with Gasteiger partial charge in [0.15, 0.2) is 0 Å². The van der Waals surface area contributed by atoms with Crippen LogP contribution in [0, 0.1) is 0 Å². The molecule has 5 nitrogen and oxygen atoms in total. The fourth-order valence-electron chi connectivity index (χ4n) is 2.32. The first-order valence-corrected chi connectivity index (χ1v) is 8.10. The van der Waals surface area contributed by atoms with E-state index in [2.05, 4.69) is 6.07 Å². The highest BCUT2D eigenvalue weighted by molar-refractivity contribution is 7.09. The summed E-state index contributed by atoms with van der Waals surface area (Å²) in [5, 5.41) is 2.03. The Bertz CT molecular complexity index is 456. The lowest BCUT2D eigenvalue weighted by Crippen LogP contribution is -2.58. The van der Waals surface area contributed by atoms with Gasteiger partial charge in [-0.25, -0.2) is 4.79 Å². The SMILES string of the molecule is CC(C)(C)OC(=O)N1CCOCC1C(N)Cc1cccs1. The number of thiophene rings is 1. The molecule has 0 aliphatic carbocycles. The van der Waals surface area contributed by atoms with Crippen molar-refractivity contribution in [3.63, 3.8) is 0 Å². The van der Waals surface area contributed by atoms with Gasteiger partial charge in [0.05, 0.1) is 19.3 Å². The first-order valence-electron chi connectivity index (χ1n) is 7.22. The summed E-state index contributed by atoms with van der Waals surface area (Å²) < 4.78 is 11.0. The summed E-state index contributed by atoms with van der Waals surface area (Å²) in [6, 6.07) is 3.77. The fraction of sp³-hybridized carbons (Fsp3) is 0.667. The molecule has 2 heterocycles. The van der Waals surface area contributed by atoms with Gasteiger partial charge in [0, 0.05) is 17.5 Å². The Balaban J connectivity index is 2.02. The maximum Gasteiger partial charge on any atom is 0.410 e. The summed E-state index contributed by atoms with van der Waals surface area (Å²) in [7, 11) is 0. The number of nitrogens with two attached hydrogens (primary N) is 1. The number of morpholine rings is 1. The molecule has 21 heavy (non-hydrogen) atoms. The van der Waals surface area contributed by atoms with E-state index < -0.39 is 5.60 Å². The zero-order valence-electron chi connectivity index (χ0n) is 12.9. The predicted molar refractivity (Wildman–Crippen MR) is 83.5 cm³/mol. The number of ether oxygens (including phenoxy) is 2. The molecule has 0 bridgehead atoms. The minimum Gasteiger partial charge on any atom is -0.444 e. The topological polar surface area (TPSA) is 64.8 Å². The van der Waals surface area contributed by atoms with Crippen LogP contribution in [0.15, 0.2) is 17.5 Å². The number of hydrogen-bond acceptors (Lipinski definition) is 5. The second-order valence-corrected chi connectivity index (χ2v) is 7.30. The number of nitrogens with zero attached hydrogens (tertiary/aromatic N) is 1. The van der Waals surface area contributed by atoms with E-state index in [1.54, 1.807) is 16.2 Å². The summed E-state index contributed by atoms with van der Waals surface area (Å²) in [5.74, 6) is 0. The summed E-state index contributed by atoms with van der Waals surface area (Å²) in [5.41, 5.74) is 5.81. The van der Waals surface area contributed by atoms with Gasteiger partial charge < -0.3 is 15.2 Å². The molecule has 2 atom stereocenters. The van der Waals surface area contributed by atoms with Gasteiger partial charge in [0.2, 0.25) is 0 Å². The molecule has 1 saturated heterocycles. The molecule has 2 rings (SSSR count). The zero-order chi connectivity index (χ0) is 15.5. The van der Waals surface area contributed by atoms with Crippen molar-refractivity contribution in [2.24, 2.45) is 5.73 Å². The molecule has 1 aliphatic rings. The van der Waals surface area contributed by atoms with E-state index in [1.165, 1.54) is 4.88 Å². The van der Waals surface area contributed by atoms with Gasteiger partial charge in [-0.05, 0) is 38.6 Å². The molecule has 118 valence electrons. The second kappa shape index (κ2) is 6.77. The van der Waals surface area contributed by atoms with Crippen LogP contribution in [0.5, 0.6) is 0 Å². The van der Waals surface area contributed by atoms with Crippen molar-refractivity contribution < 1.29 is 14.3 Å². The number of carbonyl (C=O) groups excluding carboxylic acids is 1. The summed E-state index contributed by atoms with van der Waals surface area (Å²) >= 11 is 1.68. The van der Waals surface area contributed by atoms with Crippen LogP contribution in [0.1, 0.15) is 25.6 Å². The third-order valence-electron chi connectivity index (χ3n) is 3.30. The second-order valence-electron chi connectivity index (χ2n) is 6.26. The normalized spacial score (nSPS) is 21.1. The number of hydrogen-bond donors (Lipinski definition) is 1. The van der Waals surface area contributed by atoms with Gasteiger partial charge in [0.25, 0.3) is 0 Å². The summed E-state index contributed by atoms with van der Waals surface area (Å²) in [4.78, 5) is 15.3. The van der Waals surface area contributed by atoms with Gasteiger partial charge in [-0.15, -0.1) is 11.3 Å². The molecule has 0 radical (unpaired) electrons. The maximum atomic E-state index is 12.3. The third-order valence-corrected chi connectivity index (χ3v) is 4.20. The van der Waals surface area contributed by atoms with Gasteiger partial charge in [-0.2, -0.15) is 0 Å². The molecule has 1 aromatic heterocycles. The molecule has 0 aromatic carbocycles. The molecular formula is C15H24N2O3S. The largest absolute Gasteiger partial charge is 0.444 e. The van der Waals surface area contributed by atoms with E-state index in [4.69, 9.17) is 15.2 Å². The van der Waals surface area contributed by atoms with E-state index in [0.717, 1.165) is 6.42 Å². The minimum atomic E-state index is -0.502. The standard InChI is InChI=1S/C15H24N2O3S/c1-15(2,3)20-14(18)17-6-7-19-10-13(17)12(16)9-11-5-4-8-21-11/h4-5,8,12-13H,6-7,9-10,16H2,1-3H3. The van der Waals surface area contributed by atoms with Crippen molar-refractivity contribution in [2.75, 3.05) is 19.8 Å². The third kappa shape index (κ3) is 4.69. The monoisotopic (exact) mass is 312 g/mol. The van der Waals surface area contributed by atoms with Crippen molar-refractivity contribution in [3.8, 4) is 0 Å². The van der Waals surface area contributed by atoms with Gasteiger partial charge >= 0.3 is 6.09 Å². The molecule has 1 fully saturated rings. The lowest BCUT2D eigenvalue weighted by Gasteiger charge is -2.39. The molecular weight excluding hydrogens is 288 g/mol. The molecule has 0 saturated carbocycles. The van der Waals surface area contributed by atoms with Crippen LogP contribution in [0.25, 0.3) is 0 Å². The van der Waals surface area contributed by atoms with Gasteiger partial charge in [0.1, 0.15) is 5.60 Å². The number of carbonyl (C=O) groups is 1. The van der Waals surface area contributed by atoms with Crippen molar-refractivity contribution in [2.45, 2.75) is 44.9 Å². The van der Waals surface area contributed by atoms with Crippen molar-refractivity contribution in [3.05, 3.63) is 22.4 Å². The Kier molecular flexibility index (Phi) is 5.24. The smallest absolute Gasteiger partial charge is 0.410 e. The van der Waals surface area contributed by atoms with Crippen LogP contribution in [0.3, 0.4) is 0 Å². The number of rotatable bonds is 3. The Morgan fingerprint density at radius 1 is 1.62 bits per heavy atom.